The van der Waals surface area contributed by atoms with Crippen LogP contribution in [0.3, 0.4) is 0 Å². The van der Waals surface area contributed by atoms with E-state index in [-0.39, 0.29) is 0 Å². The molecule has 0 rings (SSSR count). The van der Waals surface area contributed by atoms with Crippen LogP contribution in [-0.2, 0) is 4.74 Å². The number of methoxy groups -OCH3 is 1. The Morgan fingerprint density at radius 3 is 2.29 bits per heavy atom. The lowest BCUT2D eigenvalue weighted by atomic mass is 9.96. The molecule has 0 radical (unpaired) electrons. The largest absolute Gasteiger partial charge is 0.382 e. The summed E-state index contributed by atoms with van der Waals surface area (Å²) in [6, 6.07) is 0.655. The Kier molecular flexibility index (Phi) is 8.20. The summed E-state index contributed by atoms with van der Waals surface area (Å²) < 4.78 is 5.25. The molecule has 0 aromatic rings. The second-order valence-corrected chi connectivity index (χ2v) is 4.36. The van der Waals surface area contributed by atoms with Crippen molar-refractivity contribution in [1.29, 1.82) is 0 Å². The first kappa shape index (κ1) is 13.9. The van der Waals surface area contributed by atoms with Gasteiger partial charge in [0.25, 0.3) is 0 Å². The summed E-state index contributed by atoms with van der Waals surface area (Å²) in [4.78, 5) is 0. The van der Waals surface area contributed by atoms with Crippen LogP contribution >= 0.6 is 0 Å². The van der Waals surface area contributed by atoms with Gasteiger partial charge in [-0.25, -0.2) is 0 Å². The van der Waals surface area contributed by atoms with Crippen LogP contribution in [0, 0.1) is 5.92 Å². The van der Waals surface area contributed by atoms with Gasteiger partial charge in [0.15, 0.2) is 0 Å². The zero-order valence-corrected chi connectivity index (χ0v) is 10.5. The van der Waals surface area contributed by atoms with Gasteiger partial charge in [0.05, 0.1) is 6.10 Å². The minimum atomic E-state index is 0.391. The van der Waals surface area contributed by atoms with Crippen LogP contribution in [-0.4, -0.2) is 26.3 Å². The van der Waals surface area contributed by atoms with E-state index in [1.54, 1.807) is 7.11 Å². The normalized spacial score (nSPS) is 17.8. The van der Waals surface area contributed by atoms with Gasteiger partial charge in [-0.2, -0.15) is 0 Å². The van der Waals surface area contributed by atoms with Gasteiger partial charge >= 0.3 is 0 Å². The molecule has 0 saturated carbocycles. The summed E-state index contributed by atoms with van der Waals surface area (Å²) in [5, 5.41) is 3.39. The van der Waals surface area contributed by atoms with Gasteiger partial charge in [-0.3, -0.25) is 0 Å². The summed E-state index contributed by atoms with van der Waals surface area (Å²) in [7, 11) is 3.85. The Morgan fingerprint density at radius 1 is 1.21 bits per heavy atom. The van der Waals surface area contributed by atoms with E-state index in [0.717, 1.165) is 12.3 Å². The molecule has 0 bridgehead atoms. The highest BCUT2D eigenvalue weighted by Gasteiger charge is 2.11. The molecule has 0 aliphatic rings. The van der Waals surface area contributed by atoms with Gasteiger partial charge in [-0.15, -0.1) is 0 Å². The molecule has 0 heterocycles. The SMILES string of the molecule is CCC(C)CC(CCC(C)OC)NC. The van der Waals surface area contributed by atoms with E-state index in [2.05, 4.69) is 33.1 Å². The van der Waals surface area contributed by atoms with Crippen molar-refractivity contribution in [3.8, 4) is 0 Å². The second-order valence-electron chi connectivity index (χ2n) is 4.36. The molecule has 0 spiro atoms. The molecule has 0 fully saturated rings. The number of ether oxygens (including phenoxy) is 1. The Bertz CT molecular complexity index is 127. The van der Waals surface area contributed by atoms with Crippen molar-refractivity contribution < 1.29 is 4.74 Å². The molecule has 0 saturated heterocycles. The van der Waals surface area contributed by atoms with Crippen molar-refractivity contribution in [2.75, 3.05) is 14.2 Å². The fraction of sp³-hybridized carbons (Fsp3) is 1.00. The van der Waals surface area contributed by atoms with Gasteiger partial charge in [0, 0.05) is 13.2 Å². The predicted molar refractivity (Wildman–Crippen MR) is 62.6 cm³/mol. The molecule has 3 unspecified atom stereocenters. The van der Waals surface area contributed by atoms with Gasteiger partial charge in [0.1, 0.15) is 0 Å². The molecule has 86 valence electrons. The molecule has 1 N–H and O–H groups in total. The molecule has 0 aromatic carbocycles. The average Bonchev–Trinajstić information content (AvgIpc) is 2.22. The van der Waals surface area contributed by atoms with E-state index < -0.39 is 0 Å². The molecule has 2 heteroatoms. The maximum Gasteiger partial charge on any atom is 0.0543 e. The summed E-state index contributed by atoms with van der Waals surface area (Å²) in [6.45, 7) is 6.72. The third-order valence-corrected chi connectivity index (χ3v) is 3.12. The molecule has 0 aliphatic heterocycles. The van der Waals surface area contributed by atoms with Crippen molar-refractivity contribution in [2.45, 2.75) is 58.6 Å². The lowest BCUT2D eigenvalue weighted by Crippen LogP contribution is -2.28. The maximum atomic E-state index is 5.25. The summed E-state index contributed by atoms with van der Waals surface area (Å²) in [5.41, 5.74) is 0. The molecular weight excluding hydrogens is 174 g/mol. The number of rotatable bonds is 8. The van der Waals surface area contributed by atoms with Crippen molar-refractivity contribution in [3.63, 3.8) is 0 Å². The van der Waals surface area contributed by atoms with Crippen molar-refractivity contribution >= 4 is 0 Å². The fourth-order valence-electron chi connectivity index (χ4n) is 1.59. The van der Waals surface area contributed by atoms with Crippen LogP contribution in [0.4, 0.5) is 0 Å². The summed E-state index contributed by atoms with van der Waals surface area (Å²) >= 11 is 0. The smallest absolute Gasteiger partial charge is 0.0543 e. The van der Waals surface area contributed by atoms with Gasteiger partial charge in [-0.05, 0) is 39.2 Å². The third-order valence-electron chi connectivity index (χ3n) is 3.12. The molecule has 0 aliphatic carbocycles. The van der Waals surface area contributed by atoms with Crippen molar-refractivity contribution in [3.05, 3.63) is 0 Å². The number of nitrogens with one attached hydrogen (secondary N) is 1. The highest BCUT2D eigenvalue weighted by Crippen LogP contribution is 2.14. The van der Waals surface area contributed by atoms with E-state index in [9.17, 15) is 0 Å². The van der Waals surface area contributed by atoms with Crippen LogP contribution < -0.4 is 5.32 Å². The lowest BCUT2D eigenvalue weighted by molar-refractivity contribution is 0.105. The van der Waals surface area contributed by atoms with E-state index in [1.807, 2.05) is 0 Å². The predicted octanol–water partition coefficient (Wildman–Crippen LogP) is 2.83. The van der Waals surface area contributed by atoms with E-state index in [1.165, 1.54) is 19.3 Å². The zero-order chi connectivity index (χ0) is 11.0. The second kappa shape index (κ2) is 8.25. The first-order valence-electron chi connectivity index (χ1n) is 5.84. The third kappa shape index (κ3) is 6.39. The van der Waals surface area contributed by atoms with E-state index >= 15 is 0 Å². The summed E-state index contributed by atoms with van der Waals surface area (Å²) in [5.74, 6) is 0.824. The minimum absolute atomic E-state index is 0.391. The molecule has 14 heavy (non-hydrogen) atoms. The number of hydrogen-bond acceptors (Lipinski definition) is 2. The maximum absolute atomic E-state index is 5.25. The van der Waals surface area contributed by atoms with E-state index in [4.69, 9.17) is 4.74 Å². The summed E-state index contributed by atoms with van der Waals surface area (Å²) in [6.07, 6.45) is 5.32. The molecule has 0 aromatic heterocycles. The zero-order valence-electron chi connectivity index (χ0n) is 10.5. The van der Waals surface area contributed by atoms with Gasteiger partial charge in [0.2, 0.25) is 0 Å². The average molecular weight is 201 g/mol. The Morgan fingerprint density at radius 2 is 1.86 bits per heavy atom. The molecule has 0 amide bonds. The van der Waals surface area contributed by atoms with Crippen LogP contribution in [0.15, 0.2) is 0 Å². The molecule has 3 atom stereocenters. The topological polar surface area (TPSA) is 21.3 Å². The highest BCUT2D eigenvalue weighted by molar-refractivity contribution is 4.69. The molecular formula is C12H27NO. The van der Waals surface area contributed by atoms with Gasteiger partial charge < -0.3 is 10.1 Å². The Labute approximate surface area is 89.4 Å². The first-order chi connectivity index (χ1) is 6.63. The van der Waals surface area contributed by atoms with Crippen LogP contribution in [0.25, 0.3) is 0 Å². The van der Waals surface area contributed by atoms with Crippen LogP contribution in [0.5, 0.6) is 0 Å². The van der Waals surface area contributed by atoms with Crippen LogP contribution in [0.2, 0.25) is 0 Å². The van der Waals surface area contributed by atoms with Crippen molar-refractivity contribution in [1.82, 2.24) is 5.32 Å². The van der Waals surface area contributed by atoms with E-state index in [0.29, 0.717) is 12.1 Å². The fourth-order valence-corrected chi connectivity index (χ4v) is 1.59. The monoisotopic (exact) mass is 201 g/mol. The highest BCUT2D eigenvalue weighted by atomic mass is 16.5. The first-order valence-corrected chi connectivity index (χ1v) is 5.84. The molecule has 2 nitrogen and oxygen atoms in total. The number of hydrogen-bond donors (Lipinski definition) is 1. The van der Waals surface area contributed by atoms with Crippen molar-refractivity contribution in [2.24, 2.45) is 5.92 Å². The quantitative estimate of drug-likeness (QED) is 0.652. The standard InChI is InChI=1S/C12H27NO/c1-6-10(2)9-12(13-4)8-7-11(3)14-5/h10-13H,6-9H2,1-5H3. The van der Waals surface area contributed by atoms with Gasteiger partial charge in [-0.1, -0.05) is 20.3 Å². The van der Waals surface area contributed by atoms with Crippen LogP contribution in [0.1, 0.15) is 46.5 Å². The Hall–Kier alpha value is -0.0800. The lowest BCUT2D eigenvalue weighted by Gasteiger charge is -2.21. The minimum Gasteiger partial charge on any atom is -0.382 e. The Balaban J connectivity index is 3.68.